The molecule has 2 aliphatic rings. The summed E-state index contributed by atoms with van der Waals surface area (Å²) in [6, 6.07) is 8.65. The minimum atomic E-state index is -3.28. The van der Waals surface area contributed by atoms with Crippen molar-refractivity contribution in [2.24, 2.45) is 0 Å². The summed E-state index contributed by atoms with van der Waals surface area (Å²) < 4.78 is 48.0. The maximum Gasteiger partial charge on any atom is 0.253 e. The van der Waals surface area contributed by atoms with Crippen molar-refractivity contribution in [2.75, 3.05) is 39.0 Å². The number of ether oxygens (including phenoxy) is 1. The highest BCUT2D eigenvalue weighted by molar-refractivity contribution is 7.89. The zero-order valence-corrected chi connectivity index (χ0v) is 19.9. The lowest BCUT2D eigenvalue weighted by atomic mass is 9.85. The predicted molar refractivity (Wildman–Crippen MR) is 123 cm³/mol. The number of amides is 1. The van der Waals surface area contributed by atoms with Crippen molar-refractivity contribution in [3.63, 3.8) is 0 Å². The van der Waals surface area contributed by atoms with Crippen molar-refractivity contribution in [3.05, 3.63) is 35.9 Å². The minimum Gasteiger partial charge on any atom is -0.381 e. The van der Waals surface area contributed by atoms with Gasteiger partial charge in [-0.2, -0.15) is 4.31 Å². The number of carbonyl (C=O) groups is 1. The van der Waals surface area contributed by atoms with Crippen LogP contribution in [-0.2, 0) is 14.8 Å². The van der Waals surface area contributed by atoms with Crippen LogP contribution in [0.1, 0.15) is 55.8 Å². The van der Waals surface area contributed by atoms with Crippen LogP contribution in [0, 0.1) is 0 Å². The molecule has 3 atom stereocenters. The fourth-order valence-corrected chi connectivity index (χ4v) is 6.50. The summed E-state index contributed by atoms with van der Waals surface area (Å²) in [4.78, 5) is 14.8. The van der Waals surface area contributed by atoms with Gasteiger partial charge in [-0.05, 0) is 50.7 Å². The third-order valence-electron chi connectivity index (χ3n) is 6.86. The number of nitrogens with zero attached hydrogens (tertiary/aromatic N) is 2. The molecule has 0 bridgehead atoms. The second-order valence-corrected chi connectivity index (χ2v) is 10.9. The molecule has 1 N–H and O–H groups in total. The van der Waals surface area contributed by atoms with E-state index in [0.717, 1.165) is 12.8 Å². The molecular formula is C23H36FN3O4S. The Labute approximate surface area is 191 Å². The van der Waals surface area contributed by atoms with Gasteiger partial charge in [0.25, 0.3) is 5.91 Å². The van der Waals surface area contributed by atoms with Gasteiger partial charge >= 0.3 is 0 Å². The maximum atomic E-state index is 16.0. The molecule has 1 aliphatic carbocycles. The van der Waals surface area contributed by atoms with E-state index in [2.05, 4.69) is 10.2 Å². The van der Waals surface area contributed by atoms with Crippen LogP contribution < -0.4 is 5.32 Å². The molecule has 1 aromatic rings. The Morgan fingerprint density at radius 2 is 1.88 bits per heavy atom. The number of benzene rings is 1. The standard InChI is InChI=1S/C23H36FN3O4S/c1-3-18-32(29,30)27-16-14-26(15-17-27)23(12-7-10-20(31-2)11-13-23)22(24)25-21(28)19-8-5-4-6-9-19/h4-6,8-9,20,22H,3,7,10-18H2,1-2H3,(H,25,28). The van der Waals surface area contributed by atoms with Crippen molar-refractivity contribution >= 4 is 15.9 Å². The number of hydrogen-bond donors (Lipinski definition) is 1. The van der Waals surface area contributed by atoms with Gasteiger partial charge < -0.3 is 10.1 Å². The number of alkyl halides is 1. The Morgan fingerprint density at radius 1 is 1.19 bits per heavy atom. The summed E-state index contributed by atoms with van der Waals surface area (Å²) in [5, 5.41) is 2.61. The number of methoxy groups -OCH3 is 1. The summed E-state index contributed by atoms with van der Waals surface area (Å²) >= 11 is 0. The van der Waals surface area contributed by atoms with E-state index in [1.165, 1.54) is 4.31 Å². The summed E-state index contributed by atoms with van der Waals surface area (Å²) in [7, 11) is -1.60. The zero-order chi connectivity index (χ0) is 23.2. The maximum absolute atomic E-state index is 16.0. The molecule has 32 heavy (non-hydrogen) atoms. The Hall–Kier alpha value is -1.55. The Balaban J connectivity index is 1.78. The molecule has 1 saturated carbocycles. The first kappa shape index (κ1) is 25.1. The highest BCUT2D eigenvalue weighted by Crippen LogP contribution is 2.38. The van der Waals surface area contributed by atoms with Crippen molar-refractivity contribution < 1.29 is 22.3 Å². The van der Waals surface area contributed by atoms with Crippen molar-refractivity contribution in [3.8, 4) is 0 Å². The first-order chi connectivity index (χ1) is 15.3. The van der Waals surface area contributed by atoms with E-state index in [-0.39, 0.29) is 11.9 Å². The third-order valence-corrected chi connectivity index (χ3v) is 8.93. The molecule has 3 rings (SSSR count). The molecule has 1 heterocycles. The lowest BCUT2D eigenvalue weighted by Crippen LogP contribution is -2.65. The lowest BCUT2D eigenvalue weighted by Gasteiger charge is -2.49. The van der Waals surface area contributed by atoms with Gasteiger partial charge in [0.1, 0.15) is 0 Å². The van der Waals surface area contributed by atoms with E-state index in [0.29, 0.717) is 57.4 Å². The van der Waals surface area contributed by atoms with E-state index in [4.69, 9.17) is 4.74 Å². The number of sulfonamides is 1. The number of hydrogen-bond acceptors (Lipinski definition) is 5. The first-order valence-corrected chi connectivity index (χ1v) is 13.2. The molecular weight excluding hydrogens is 433 g/mol. The van der Waals surface area contributed by atoms with Gasteiger partial charge in [-0.25, -0.2) is 12.8 Å². The first-order valence-electron chi connectivity index (χ1n) is 11.6. The van der Waals surface area contributed by atoms with Gasteiger partial charge in [0, 0.05) is 38.9 Å². The SMILES string of the molecule is CCCS(=O)(=O)N1CCN(C2(C(F)NC(=O)c3ccccc3)CCCC(OC)CC2)CC1. The summed E-state index contributed by atoms with van der Waals surface area (Å²) in [5.74, 6) is -0.304. The largest absolute Gasteiger partial charge is 0.381 e. The normalized spacial score (nSPS) is 26.9. The van der Waals surface area contributed by atoms with Gasteiger partial charge in [0.2, 0.25) is 10.0 Å². The van der Waals surface area contributed by atoms with Crippen LogP contribution in [0.25, 0.3) is 0 Å². The van der Waals surface area contributed by atoms with Crippen molar-refractivity contribution in [1.82, 2.24) is 14.5 Å². The lowest BCUT2D eigenvalue weighted by molar-refractivity contribution is -0.0322. The second kappa shape index (κ2) is 11.0. The third kappa shape index (κ3) is 5.68. The van der Waals surface area contributed by atoms with Crippen LogP contribution in [0.3, 0.4) is 0 Å². The van der Waals surface area contributed by atoms with Crippen molar-refractivity contribution in [1.29, 1.82) is 0 Å². The number of rotatable bonds is 8. The Morgan fingerprint density at radius 3 is 2.50 bits per heavy atom. The molecule has 1 aliphatic heterocycles. The molecule has 1 amide bonds. The average Bonchev–Trinajstić information content (AvgIpc) is 3.03. The summed E-state index contributed by atoms with van der Waals surface area (Å²) in [6.07, 6.45) is 2.55. The van der Waals surface area contributed by atoms with Crippen LogP contribution in [0.5, 0.6) is 0 Å². The molecule has 1 aromatic carbocycles. The molecule has 180 valence electrons. The molecule has 0 spiro atoms. The van der Waals surface area contributed by atoms with Crippen LogP contribution in [-0.4, -0.2) is 80.5 Å². The van der Waals surface area contributed by atoms with E-state index in [1.54, 1.807) is 31.4 Å². The number of carbonyl (C=O) groups excluding carboxylic acids is 1. The van der Waals surface area contributed by atoms with Crippen LogP contribution in [0.15, 0.2) is 30.3 Å². The van der Waals surface area contributed by atoms with Gasteiger partial charge in [-0.3, -0.25) is 9.69 Å². The van der Waals surface area contributed by atoms with Crippen LogP contribution in [0.2, 0.25) is 0 Å². The minimum absolute atomic E-state index is 0.0696. The predicted octanol–water partition coefficient (Wildman–Crippen LogP) is 2.79. The smallest absolute Gasteiger partial charge is 0.253 e. The van der Waals surface area contributed by atoms with Crippen LogP contribution in [0.4, 0.5) is 4.39 Å². The molecule has 0 radical (unpaired) electrons. The van der Waals surface area contributed by atoms with Crippen molar-refractivity contribution in [2.45, 2.75) is 63.4 Å². The van der Waals surface area contributed by atoms with Gasteiger partial charge in [-0.15, -0.1) is 0 Å². The molecule has 0 aromatic heterocycles. The molecule has 9 heteroatoms. The van der Waals surface area contributed by atoms with E-state index < -0.39 is 27.8 Å². The van der Waals surface area contributed by atoms with E-state index in [9.17, 15) is 13.2 Å². The molecule has 1 saturated heterocycles. The van der Waals surface area contributed by atoms with Gasteiger partial charge in [-0.1, -0.05) is 25.1 Å². The fraction of sp³-hybridized carbons (Fsp3) is 0.696. The average molecular weight is 470 g/mol. The second-order valence-electron chi connectivity index (χ2n) is 8.80. The van der Waals surface area contributed by atoms with Crippen LogP contribution >= 0.6 is 0 Å². The highest BCUT2D eigenvalue weighted by Gasteiger charge is 2.47. The quantitative estimate of drug-likeness (QED) is 0.468. The van der Waals surface area contributed by atoms with Gasteiger partial charge in [0.05, 0.1) is 17.4 Å². The monoisotopic (exact) mass is 469 g/mol. The zero-order valence-electron chi connectivity index (χ0n) is 19.1. The number of halogens is 1. The Bertz CT molecular complexity index is 846. The Kier molecular flexibility index (Phi) is 8.66. The molecule has 7 nitrogen and oxygen atoms in total. The van der Waals surface area contributed by atoms with Gasteiger partial charge in [0.15, 0.2) is 6.30 Å². The topological polar surface area (TPSA) is 79.0 Å². The summed E-state index contributed by atoms with van der Waals surface area (Å²) in [6.45, 7) is 3.43. The summed E-state index contributed by atoms with van der Waals surface area (Å²) in [5.41, 5.74) is -0.456. The van der Waals surface area contributed by atoms with E-state index >= 15 is 4.39 Å². The molecule has 3 unspecified atom stereocenters. The number of nitrogens with one attached hydrogen (secondary N) is 1. The fourth-order valence-electron chi connectivity index (χ4n) is 5.00. The highest BCUT2D eigenvalue weighted by atomic mass is 32.2. The number of piperazine rings is 1. The van der Waals surface area contributed by atoms with E-state index in [1.807, 2.05) is 13.0 Å². The molecule has 2 fully saturated rings.